The average molecular weight is 108 g/mol. The Kier molecular flexibility index (Phi) is 4.99. The lowest BCUT2D eigenvalue weighted by Crippen LogP contribution is -1.59. The van der Waals surface area contributed by atoms with Crippen LogP contribution in [-0.2, 0) is 0 Å². The van der Waals surface area contributed by atoms with Crippen molar-refractivity contribution < 1.29 is 0 Å². The maximum absolute atomic E-state index is 3.20. The summed E-state index contributed by atoms with van der Waals surface area (Å²) in [6, 6.07) is 1.54. The first-order chi connectivity index (χ1) is 2.91. The summed E-state index contributed by atoms with van der Waals surface area (Å²) in [6.07, 6.45) is 0. The van der Waals surface area contributed by atoms with E-state index in [1.807, 2.05) is 0 Å². The van der Waals surface area contributed by atoms with Gasteiger partial charge in [-0.3, -0.25) is 0 Å². The van der Waals surface area contributed by atoms with Gasteiger partial charge in [0.05, 0.1) is 0 Å². The molecule has 0 bridgehead atoms. The van der Waals surface area contributed by atoms with Gasteiger partial charge in [-0.1, -0.05) is 0 Å². The molecule has 6 heavy (non-hydrogen) atoms. The standard InChI is InChI=1S/C4H4Si2/c5-3-1-2-4-6/h3-4H2. The summed E-state index contributed by atoms with van der Waals surface area (Å²) < 4.78 is 0. The van der Waals surface area contributed by atoms with Crippen molar-refractivity contribution in [3.05, 3.63) is 0 Å². The van der Waals surface area contributed by atoms with Gasteiger partial charge in [-0.2, -0.15) is 0 Å². The van der Waals surface area contributed by atoms with Gasteiger partial charge in [0.2, 0.25) is 0 Å². The summed E-state index contributed by atoms with van der Waals surface area (Å²) in [6.45, 7) is 0. The highest BCUT2D eigenvalue weighted by Gasteiger charge is 1.57. The molecule has 0 amide bonds. The van der Waals surface area contributed by atoms with Gasteiger partial charge in [0.15, 0.2) is 0 Å². The van der Waals surface area contributed by atoms with Crippen LogP contribution in [0.2, 0.25) is 12.1 Å². The molecule has 0 N–H and O–H groups in total. The first-order valence-corrected chi connectivity index (χ1v) is 3.08. The molecule has 0 saturated carbocycles. The number of hydrogen-bond acceptors (Lipinski definition) is 0. The van der Waals surface area contributed by atoms with Gasteiger partial charge in [0, 0.05) is 20.5 Å². The molecule has 2 heteroatoms. The Morgan fingerprint density at radius 1 is 1.00 bits per heavy atom. The van der Waals surface area contributed by atoms with E-state index >= 15 is 0 Å². The Morgan fingerprint density at radius 3 is 1.50 bits per heavy atom. The molecule has 0 aromatic heterocycles. The summed E-state index contributed by atoms with van der Waals surface area (Å²) in [5, 5.41) is 0. The van der Waals surface area contributed by atoms with Crippen LogP contribution in [0.15, 0.2) is 0 Å². The molecule has 0 aliphatic rings. The van der Waals surface area contributed by atoms with Gasteiger partial charge in [-0.15, -0.1) is 11.8 Å². The van der Waals surface area contributed by atoms with Crippen LogP contribution in [0.5, 0.6) is 0 Å². The lowest BCUT2D eigenvalue weighted by atomic mass is 10.7. The van der Waals surface area contributed by atoms with E-state index in [1.54, 1.807) is 0 Å². The Hall–Kier alpha value is -0.00623. The van der Waals surface area contributed by atoms with Gasteiger partial charge < -0.3 is 0 Å². The highest BCUT2D eigenvalue weighted by atomic mass is 28.1. The van der Waals surface area contributed by atoms with Gasteiger partial charge in [-0.25, -0.2) is 0 Å². The molecule has 6 radical (unpaired) electrons. The summed E-state index contributed by atoms with van der Waals surface area (Å²) >= 11 is 0. The van der Waals surface area contributed by atoms with Crippen LogP contribution in [0.1, 0.15) is 0 Å². The largest absolute Gasteiger partial charge is 0.108 e. The van der Waals surface area contributed by atoms with E-state index < -0.39 is 0 Å². The average Bonchev–Trinajstić information content (AvgIpc) is 1.61. The van der Waals surface area contributed by atoms with Crippen LogP contribution >= 0.6 is 0 Å². The predicted molar refractivity (Wildman–Crippen MR) is 28.9 cm³/mol. The minimum Gasteiger partial charge on any atom is -0.108 e. The Morgan fingerprint density at radius 2 is 1.33 bits per heavy atom. The number of hydrogen-bond donors (Lipinski definition) is 0. The van der Waals surface area contributed by atoms with Crippen molar-refractivity contribution in [1.82, 2.24) is 0 Å². The second-order valence-electron chi connectivity index (χ2n) is 0.707. The third kappa shape index (κ3) is 3.99. The molecule has 28 valence electrons. The second kappa shape index (κ2) is 4.99. The van der Waals surface area contributed by atoms with E-state index in [2.05, 4.69) is 32.3 Å². The monoisotopic (exact) mass is 108 g/mol. The van der Waals surface area contributed by atoms with Crippen LogP contribution in [0.4, 0.5) is 0 Å². The Balaban J connectivity index is 2.90. The van der Waals surface area contributed by atoms with Gasteiger partial charge in [-0.05, 0) is 12.1 Å². The Labute approximate surface area is 45.2 Å². The maximum atomic E-state index is 3.20. The van der Waals surface area contributed by atoms with Crippen molar-refractivity contribution in [2.45, 2.75) is 12.1 Å². The smallest absolute Gasteiger partial charge is 0.0396 e. The van der Waals surface area contributed by atoms with Gasteiger partial charge >= 0.3 is 0 Å². The summed E-state index contributed by atoms with van der Waals surface area (Å²) in [5.74, 6) is 5.63. The SMILES string of the molecule is [Si]CC#CC[Si]. The maximum Gasteiger partial charge on any atom is 0.0396 e. The minimum absolute atomic E-state index is 0.768. The molecule has 0 aromatic carbocycles. The molecule has 0 unspecified atom stereocenters. The highest BCUT2D eigenvalue weighted by molar-refractivity contribution is 6.11. The Bertz CT molecular complexity index is 59.4. The third-order valence-corrected chi connectivity index (χ3v) is 0.655. The quantitative estimate of drug-likeness (QED) is 0.306. The first-order valence-electron chi connectivity index (χ1n) is 1.66. The normalized spacial score (nSPS) is 6.33. The van der Waals surface area contributed by atoms with E-state index in [0.717, 1.165) is 12.1 Å². The van der Waals surface area contributed by atoms with E-state index in [-0.39, 0.29) is 0 Å². The van der Waals surface area contributed by atoms with Crippen molar-refractivity contribution >= 4 is 20.5 Å². The fourth-order valence-electron chi connectivity index (χ4n) is 0.125. The molecule has 0 heterocycles. The van der Waals surface area contributed by atoms with E-state index in [4.69, 9.17) is 0 Å². The van der Waals surface area contributed by atoms with Gasteiger partial charge in [0.1, 0.15) is 0 Å². The topological polar surface area (TPSA) is 0 Å². The second-order valence-corrected chi connectivity index (χ2v) is 1.41. The van der Waals surface area contributed by atoms with Crippen LogP contribution < -0.4 is 0 Å². The summed E-state index contributed by atoms with van der Waals surface area (Å²) in [4.78, 5) is 0. The molecule has 0 saturated heterocycles. The molecule has 0 spiro atoms. The minimum atomic E-state index is 0.768. The van der Waals surface area contributed by atoms with Crippen molar-refractivity contribution in [3.8, 4) is 11.8 Å². The lowest BCUT2D eigenvalue weighted by Gasteiger charge is -1.64. The molecule has 0 fully saturated rings. The highest BCUT2D eigenvalue weighted by Crippen LogP contribution is 1.65. The lowest BCUT2D eigenvalue weighted by molar-refractivity contribution is 1.79. The molecular weight excluding hydrogens is 104 g/mol. The molecule has 0 aliphatic heterocycles. The zero-order valence-electron chi connectivity index (χ0n) is 3.41. The van der Waals surface area contributed by atoms with Crippen LogP contribution in [-0.4, -0.2) is 20.5 Å². The van der Waals surface area contributed by atoms with Crippen molar-refractivity contribution in [1.29, 1.82) is 0 Å². The zero-order valence-corrected chi connectivity index (χ0v) is 5.41. The number of rotatable bonds is 0. The van der Waals surface area contributed by atoms with E-state index in [9.17, 15) is 0 Å². The first kappa shape index (κ1) is 5.99. The molecule has 0 aromatic rings. The molecular formula is C4H4Si2. The zero-order chi connectivity index (χ0) is 4.83. The van der Waals surface area contributed by atoms with Gasteiger partial charge in [0.25, 0.3) is 0 Å². The molecule has 0 atom stereocenters. The summed E-state index contributed by atoms with van der Waals surface area (Å²) in [5.41, 5.74) is 0. The molecule has 0 nitrogen and oxygen atoms in total. The van der Waals surface area contributed by atoms with Crippen molar-refractivity contribution in [2.75, 3.05) is 0 Å². The van der Waals surface area contributed by atoms with Crippen LogP contribution in [0, 0.1) is 11.8 Å². The van der Waals surface area contributed by atoms with E-state index in [0.29, 0.717) is 0 Å². The fourth-order valence-corrected chi connectivity index (χ4v) is 0.375. The molecule has 0 aliphatic carbocycles. The fraction of sp³-hybridized carbons (Fsp3) is 0.500. The van der Waals surface area contributed by atoms with Crippen LogP contribution in [0.25, 0.3) is 0 Å². The predicted octanol–water partition coefficient (Wildman–Crippen LogP) is 0.163. The van der Waals surface area contributed by atoms with Crippen LogP contribution in [0.3, 0.4) is 0 Å². The van der Waals surface area contributed by atoms with E-state index in [1.165, 1.54) is 0 Å². The van der Waals surface area contributed by atoms with Crippen molar-refractivity contribution in [2.24, 2.45) is 0 Å². The summed E-state index contributed by atoms with van der Waals surface area (Å²) in [7, 11) is 6.39. The molecule has 0 rings (SSSR count). The van der Waals surface area contributed by atoms with Crippen molar-refractivity contribution in [3.63, 3.8) is 0 Å². The third-order valence-electron chi connectivity index (χ3n) is 0.302.